The van der Waals surface area contributed by atoms with Gasteiger partial charge in [-0.05, 0) is 42.0 Å². The number of ether oxygens (including phenoxy) is 2. The molecule has 1 atom stereocenters. The van der Waals surface area contributed by atoms with Crippen molar-refractivity contribution in [3.05, 3.63) is 59.4 Å². The fraction of sp³-hybridized carbons (Fsp3) is 0.125. The highest BCUT2D eigenvalue weighted by molar-refractivity contribution is 6.02. The van der Waals surface area contributed by atoms with Crippen LogP contribution in [0.5, 0.6) is 11.5 Å². The predicted octanol–water partition coefficient (Wildman–Crippen LogP) is 3.04. The van der Waals surface area contributed by atoms with Gasteiger partial charge in [0.15, 0.2) is 17.3 Å². The summed E-state index contributed by atoms with van der Waals surface area (Å²) in [5, 5.41) is 9.30. The average Bonchev–Trinajstić information content (AvgIpc) is 2.96. The molecule has 5 heteroatoms. The van der Waals surface area contributed by atoms with Gasteiger partial charge in [0, 0.05) is 5.56 Å². The number of hydrogen-bond acceptors (Lipinski definition) is 4. The minimum atomic E-state index is -0.968. The van der Waals surface area contributed by atoms with Gasteiger partial charge >= 0.3 is 0 Å². The Labute approximate surface area is 120 Å². The zero-order valence-electron chi connectivity index (χ0n) is 10.9. The summed E-state index contributed by atoms with van der Waals surface area (Å²) >= 11 is 0. The van der Waals surface area contributed by atoms with E-state index in [0.29, 0.717) is 22.6 Å². The topological polar surface area (TPSA) is 59.3 Å². The highest BCUT2D eigenvalue weighted by Gasteiger charge is 2.24. The average molecular weight is 283 g/mol. The molecule has 0 radical (unpaired) electrons. The molecular weight excluding hydrogens is 273 g/mol. The fourth-order valence-corrected chi connectivity index (χ4v) is 2.16. The number of carbonyl (C=O) groups excluding carboxylic acids is 1. The van der Waals surface area contributed by atoms with E-state index in [4.69, 9.17) is 9.47 Å². The first kappa shape index (κ1) is 13.1. The highest BCUT2D eigenvalue weighted by Crippen LogP contribution is 2.35. The van der Waals surface area contributed by atoms with E-state index in [-0.39, 0.29) is 12.6 Å². The summed E-state index contributed by atoms with van der Waals surface area (Å²) in [5.41, 5.74) is 0.816. The molecular formula is C16H10FNO3. The van der Waals surface area contributed by atoms with Crippen molar-refractivity contribution in [2.24, 2.45) is 0 Å². The Morgan fingerprint density at radius 1 is 1.14 bits per heavy atom. The second-order valence-electron chi connectivity index (χ2n) is 4.55. The smallest absolute Gasteiger partial charge is 0.231 e. The van der Waals surface area contributed by atoms with Crippen LogP contribution in [0.2, 0.25) is 0 Å². The molecule has 104 valence electrons. The van der Waals surface area contributed by atoms with Crippen molar-refractivity contribution < 1.29 is 18.7 Å². The molecule has 2 aromatic rings. The largest absolute Gasteiger partial charge is 0.454 e. The predicted molar refractivity (Wildman–Crippen MR) is 71.6 cm³/mol. The number of hydrogen-bond donors (Lipinski definition) is 0. The Bertz CT molecular complexity index is 734. The molecule has 0 spiro atoms. The van der Waals surface area contributed by atoms with Gasteiger partial charge in [0.25, 0.3) is 0 Å². The maximum absolute atomic E-state index is 12.9. The summed E-state index contributed by atoms with van der Waals surface area (Å²) in [6, 6.07) is 12.1. The van der Waals surface area contributed by atoms with Gasteiger partial charge in [0.1, 0.15) is 11.7 Å². The van der Waals surface area contributed by atoms with Gasteiger partial charge in [-0.1, -0.05) is 6.07 Å². The number of nitrogens with zero attached hydrogens (tertiary/aromatic N) is 1. The summed E-state index contributed by atoms with van der Waals surface area (Å²) < 4.78 is 23.3. The quantitative estimate of drug-likeness (QED) is 0.812. The SMILES string of the molecule is N#CC(C(=O)c1ccc(F)cc1)c1ccc2c(c1)OCO2. The van der Waals surface area contributed by atoms with Crippen LogP contribution in [0.15, 0.2) is 42.5 Å². The lowest BCUT2D eigenvalue weighted by Crippen LogP contribution is -2.11. The molecule has 0 N–H and O–H groups in total. The van der Waals surface area contributed by atoms with Crippen LogP contribution in [0.4, 0.5) is 4.39 Å². The van der Waals surface area contributed by atoms with Crippen LogP contribution in [-0.2, 0) is 0 Å². The standard InChI is InChI=1S/C16H10FNO3/c17-12-4-1-10(2-5-12)16(19)13(8-18)11-3-6-14-15(7-11)21-9-20-14/h1-7,13H,9H2. The number of rotatable bonds is 3. The second-order valence-corrected chi connectivity index (χ2v) is 4.55. The number of Topliss-reactive ketones (excluding diaryl/α,β-unsaturated/α-hetero) is 1. The van der Waals surface area contributed by atoms with Crippen molar-refractivity contribution in [3.8, 4) is 17.6 Å². The molecule has 0 bridgehead atoms. The molecule has 21 heavy (non-hydrogen) atoms. The third-order valence-electron chi connectivity index (χ3n) is 3.25. The van der Waals surface area contributed by atoms with Gasteiger partial charge in [-0.15, -0.1) is 0 Å². The number of ketones is 1. The van der Waals surface area contributed by atoms with Crippen LogP contribution in [0.25, 0.3) is 0 Å². The van der Waals surface area contributed by atoms with Crippen molar-refractivity contribution in [1.29, 1.82) is 5.26 Å². The Balaban J connectivity index is 1.93. The van der Waals surface area contributed by atoms with Gasteiger partial charge in [0.05, 0.1) is 6.07 Å². The van der Waals surface area contributed by atoms with E-state index in [1.54, 1.807) is 18.2 Å². The van der Waals surface area contributed by atoms with Crippen LogP contribution in [0.1, 0.15) is 21.8 Å². The van der Waals surface area contributed by atoms with Crippen LogP contribution in [-0.4, -0.2) is 12.6 Å². The summed E-state index contributed by atoms with van der Waals surface area (Å²) in [6.07, 6.45) is 0. The first-order chi connectivity index (χ1) is 10.2. The number of carbonyl (C=O) groups is 1. The Morgan fingerprint density at radius 2 is 1.86 bits per heavy atom. The van der Waals surface area contributed by atoms with Crippen molar-refractivity contribution in [2.45, 2.75) is 5.92 Å². The second kappa shape index (κ2) is 5.25. The molecule has 0 saturated carbocycles. The van der Waals surface area contributed by atoms with Gasteiger partial charge < -0.3 is 9.47 Å². The van der Waals surface area contributed by atoms with Gasteiger partial charge in [-0.25, -0.2) is 4.39 Å². The van der Waals surface area contributed by atoms with E-state index in [1.807, 2.05) is 6.07 Å². The Hall–Kier alpha value is -2.87. The Morgan fingerprint density at radius 3 is 2.57 bits per heavy atom. The van der Waals surface area contributed by atoms with Crippen LogP contribution in [0.3, 0.4) is 0 Å². The van der Waals surface area contributed by atoms with E-state index in [2.05, 4.69) is 0 Å². The Kier molecular flexibility index (Phi) is 3.28. The molecule has 0 amide bonds. The molecule has 0 fully saturated rings. The molecule has 1 aliphatic heterocycles. The number of fused-ring (bicyclic) bond motifs is 1. The van der Waals surface area contributed by atoms with Gasteiger partial charge in [-0.3, -0.25) is 4.79 Å². The molecule has 4 nitrogen and oxygen atoms in total. The van der Waals surface area contributed by atoms with Crippen LogP contribution >= 0.6 is 0 Å². The van der Waals surface area contributed by atoms with Crippen molar-refractivity contribution in [1.82, 2.24) is 0 Å². The maximum atomic E-state index is 12.9. The monoisotopic (exact) mass is 283 g/mol. The van der Waals surface area contributed by atoms with E-state index >= 15 is 0 Å². The first-order valence-electron chi connectivity index (χ1n) is 6.28. The summed E-state index contributed by atoms with van der Waals surface area (Å²) in [4.78, 5) is 12.4. The molecule has 0 saturated heterocycles. The maximum Gasteiger partial charge on any atom is 0.231 e. The third kappa shape index (κ3) is 2.43. The molecule has 1 aliphatic rings. The molecule has 0 aliphatic carbocycles. The number of benzene rings is 2. The zero-order chi connectivity index (χ0) is 14.8. The van der Waals surface area contributed by atoms with Crippen molar-refractivity contribution >= 4 is 5.78 Å². The lowest BCUT2D eigenvalue weighted by atomic mass is 9.91. The zero-order valence-corrected chi connectivity index (χ0v) is 10.9. The van der Waals surface area contributed by atoms with E-state index in [9.17, 15) is 14.4 Å². The summed E-state index contributed by atoms with van der Waals surface area (Å²) in [5.74, 6) is -0.672. The minimum absolute atomic E-state index is 0.127. The lowest BCUT2D eigenvalue weighted by Gasteiger charge is -2.09. The third-order valence-corrected chi connectivity index (χ3v) is 3.25. The number of halogens is 1. The van der Waals surface area contributed by atoms with E-state index < -0.39 is 11.7 Å². The molecule has 3 rings (SSSR count). The van der Waals surface area contributed by atoms with Crippen molar-refractivity contribution in [3.63, 3.8) is 0 Å². The minimum Gasteiger partial charge on any atom is -0.454 e. The molecule has 1 unspecified atom stereocenters. The van der Waals surface area contributed by atoms with Gasteiger partial charge in [-0.2, -0.15) is 5.26 Å². The summed E-state index contributed by atoms with van der Waals surface area (Å²) in [6.45, 7) is 0.127. The lowest BCUT2D eigenvalue weighted by molar-refractivity contribution is 0.0979. The molecule has 1 heterocycles. The molecule has 2 aromatic carbocycles. The normalized spacial score (nSPS) is 13.5. The molecule has 0 aromatic heterocycles. The highest BCUT2D eigenvalue weighted by atomic mass is 19.1. The fourth-order valence-electron chi connectivity index (χ4n) is 2.16. The van der Waals surface area contributed by atoms with Gasteiger partial charge in [0.2, 0.25) is 6.79 Å². The van der Waals surface area contributed by atoms with E-state index in [1.165, 1.54) is 24.3 Å². The van der Waals surface area contributed by atoms with Crippen molar-refractivity contribution in [2.75, 3.05) is 6.79 Å². The first-order valence-corrected chi connectivity index (χ1v) is 6.28. The van der Waals surface area contributed by atoms with Crippen LogP contribution < -0.4 is 9.47 Å². The van der Waals surface area contributed by atoms with E-state index in [0.717, 1.165) is 0 Å². The summed E-state index contributed by atoms with van der Waals surface area (Å²) in [7, 11) is 0. The van der Waals surface area contributed by atoms with Crippen LogP contribution in [0, 0.1) is 17.1 Å². The number of nitriles is 1.